The van der Waals surface area contributed by atoms with E-state index in [4.69, 9.17) is 14.2 Å². The van der Waals surface area contributed by atoms with E-state index >= 15 is 0 Å². The molecule has 36 heavy (non-hydrogen) atoms. The van der Waals surface area contributed by atoms with Crippen LogP contribution in [0.4, 0.5) is 10.1 Å². The van der Waals surface area contributed by atoms with Crippen molar-refractivity contribution in [2.24, 2.45) is 0 Å². The van der Waals surface area contributed by atoms with Crippen LogP contribution < -0.4 is 10.1 Å². The molecule has 192 valence electrons. The van der Waals surface area contributed by atoms with E-state index in [1.165, 1.54) is 17.2 Å². The number of unbranched alkanes of at least 4 members (excludes halogenated alkanes) is 1. The van der Waals surface area contributed by atoms with Gasteiger partial charge in [0.25, 0.3) is 0 Å². The molecule has 4 rings (SSSR count). The van der Waals surface area contributed by atoms with E-state index in [1.807, 2.05) is 32.0 Å². The number of rotatable bonds is 10. The van der Waals surface area contributed by atoms with Gasteiger partial charge in [-0.15, -0.1) is 0 Å². The molecule has 1 N–H and O–H groups in total. The molecule has 0 bridgehead atoms. The topological polar surface area (TPSA) is 39.7 Å². The first kappa shape index (κ1) is 26.6. The maximum absolute atomic E-state index is 14.5. The van der Waals surface area contributed by atoms with Crippen molar-refractivity contribution in [3.63, 3.8) is 0 Å². The van der Waals surface area contributed by atoms with E-state index in [2.05, 4.69) is 65.4 Å². The van der Waals surface area contributed by atoms with Gasteiger partial charge in [0, 0.05) is 34.4 Å². The van der Waals surface area contributed by atoms with Gasteiger partial charge < -0.3 is 19.5 Å². The summed E-state index contributed by atoms with van der Waals surface area (Å²) in [6, 6.07) is 19.6. The summed E-state index contributed by atoms with van der Waals surface area (Å²) in [4.78, 5) is 0. The Morgan fingerprint density at radius 2 is 1.81 bits per heavy atom. The third-order valence-corrected chi connectivity index (χ3v) is 6.99. The maximum Gasteiger partial charge on any atom is 0.132 e. The molecule has 0 saturated carbocycles. The fourth-order valence-corrected chi connectivity index (χ4v) is 4.72. The van der Waals surface area contributed by atoms with E-state index in [0.717, 1.165) is 36.4 Å². The molecule has 1 heterocycles. The van der Waals surface area contributed by atoms with Crippen LogP contribution in [0.5, 0.6) is 5.75 Å². The average Bonchev–Trinajstić information content (AvgIpc) is 2.84. The first-order valence-electron chi connectivity index (χ1n) is 12.6. The van der Waals surface area contributed by atoms with Gasteiger partial charge in [0.05, 0.1) is 6.61 Å². The Bertz CT molecular complexity index is 1170. The molecule has 0 saturated heterocycles. The maximum atomic E-state index is 14.5. The molecule has 0 fully saturated rings. The molecule has 0 radical (unpaired) electrons. The summed E-state index contributed by atoms with van der Waals surface area (Å²) in [5, 5.41) is 3.52. The lowest BCUT2D eigenvalue weighted by molar-refractivity contribution is -0.167. The number of anilines is 1. The van der Waals surface area contributed by atoms with Gasteiger partial charge in [-0.1, -0.05) is 65.2 Å². The summed E-state index contributed by atoms with van der Waals surface area (Å²) in [5.74, 6) is 0.488. The Morgan fingerprint density at radius 3 is 2.53 bits per heavy atom. The first-order valence-corrected chi connectivity index (χ1v) is 13.4. The van der Waals surface area contributed by atoms with Crippen LogP contribution in [-0.4, -0.2) is 18.3 Å². The summed E-state index contributed by atoms with van der Waals surface area (Å²) >= 11 is 3.32. The van der Waals surface area contributed by atoms with Gasteiger partial charge in [-0.05, 0) is 63.1 Å². The Labute approximate surface area is 222 Å². The van der Waals surface area contributed by atoms with Gasteiger partial charge in [-0.3, -0.25) is 0 Å². The highest BCUT2D eigenvalue weighted by molar-refractivity contribution is 9.10. The van der Waals surface area contributed by atoms with E-state index in [1.54, 1.807) is 6.07 Å². The van der Waals surface area contributed by atoms with Crippen molar-refractivity contribution in [1.29, 1.82) is 0 Å². The van der Waals surface area contributed by atoms with E-state index in [-0.39, 0.29) is 18.5 Å². The average molecular weight is 557 g/mol. The summed E-state index contributed by atoms with van der Waals surface area (Å²) < 4.78 is 34.4. The molecule has 2 unspecified atom stereocenters. The van der Waals surface area contributed by atoms with Crippen LogP contribution in [0.2, 0.25) is 0 Å². The van der Waals surface area contributed by atoms with Crippen LogP contribution in [0.3, 0.4) is 0 Å². The summed E-state index contributed by atoms with van der Waals surface area (Å²) in [7, 11) is 0. The van der Waals surface area contributed by atoms with Crippen LogP contribution in [-0.2, 0) is 22.6 Å². The van der Waals surface area contributed by atoms with E-state index < -0.39 is 11.7 Å². The minimum atomic E-state index is -0.660. The summed E-state index contributed by atoms with van der Waals surface area (Å²) in [6.45, 7) is 9.69. The number of nitrogens with one attached hydrogen (secondary N) is 1. The quantitative estimate of drug-likeness (QED) is 0.256. The SMILES string of the molecule is CCCCOC1c2cc(NCc3ccc(C)cc3)ccc2OC(C)(C)C1OCc1ccc(Br)cc1F. The largest absolute Gasteiger partial charge is 0.485 e. The van der Waals surface area contributed by atoms with Crippen molar-refractivity contribution >= 4 is 21.6 Å². The van der Waals surface area contributed by atoms with Gasteiger partial charge in [-0.25, -0.2) is 4.39 Å². The fraction of sp³-hybridized carbons (Fsp3) is 0.400. The van der Waals surface area contributed by atoms with Gasteiger partial charge in [0.1, 0.15) is 29.4 Å². The summed E-state index contributed by atoms with van der Waals surface area (Å²) in [5.41, 5.74) is 4.23. The van der Waals surface area contributed by atoms with Crippen LogP contribution in [0.25, 0.3) is 0 Å². The number of aryl methyl sites for hydroxylation is 1. The molecular formula is C30H35BrFNO3. The summed E-state index contributed by atoms with van der Waals surface area (Å²) in [6.07, 6.45) is 1.23. The van der Waals surface area contributed by atoms with Gasteiger partial charge in [0.2, 0.25) is 0 Å². The fourth-order valence-electron chi connectivity index (χ4n) is 4.39. The first-order chi connectivity index (χ1) is 17.3. The van der Waals surface area contributed by atoms with Gasteiger partial charge in [0.15, 0.2) is 0 Å². The van der Waals surface area contributed by atoms with Crippen LogP contribution >= 0.6 is 15.9 Å². The van der Waals surface area contributed by atoms with Crippen molar-refractivity contribution in [2.45, 2.75) is 71.5 Å². The van der Waals surface area contributed by atoms with Crippen LogP contribution in [0.15, 0.2) is 65.1 Å². The predicted octanol–water partition coefficient (Wildman–Crippen LogP) is 8.12. The third-order valence-electron chi connectivity index (χ3n) is 6.50. The van der Waals surface area contributed by atoms with Crippen molar-refractivity contribution in [3.05, 3.63) is 93.2 Å². The second-order valence-corrected chi connectivity index (χ2v) is 10.8. The Morgan fingerprint density at radius 1 is 1.03 bits per heavy atom. The number of benzene rings is 3. The van der Waals surface area contributed by atoms with Crippen LogP contribution in [0, 0.1) is 12.7 Å². The van der Waals surface area contributed by atoms with Crippen LogP contribution in [0.1, 0.15) is 62.0 Å². The standard InChI is InChI=1S/C30H35BrFNO3/c1-5-6-15-34-28-25-17-24(33-18-21-9-7-20(2)8-10-21)13-14-27(25)36-30(3,4)29(28)35-19-22-11-12-23(31)16-26(22)32/h7-14,16-17,28-29,33H,5-6,15,18-19H2,1-4H3. The highest BCUT2D eigenvalue weighted by Crippen LogP contribution is 2.44. The predicted molar refractivity (Wildman–Crippen MR) is 146 cm³/mol. The van der Waals surface area contributed by atoms with Gasteiger partial charge >= 0.3 is 0 Å². The Hall–Kier alpha value is -2.41. The second-order valence-electron chi connectivity index (χ2n) is 9.91. The van der Waals surface area contributed by atoms with E-state index in [0.29, 0.717) is 16.6 Å². The molecule has 0 aromatic heterocycles. The zero-order valence-electron chi connectivity index (χ0n) is 21.4. The molecule has 1 aliphatic heterocycles. The monoisotopic (exact) mass is 555 g/mol. The van der Waals surface area contributed by atoms with Gasteiger partial charge in [-0.2, -0.15) is 0 Å². The zero-order valence-corrected chi connectivity index (χ0v) is 23.0. The Kier molecular flexibility index (Phi) is 8.70. The number of hydrogen-bond donors (Lipinski definition) is 1. The Balaban J connectivity index is 1.58. The highest BCUT2D eigenvalue weighted by atomic mass is 79.9. The van der Waals surface area contributed by atoms with Crippen molar-refractivity contribution in [1.82, 2.24) is 0 Å². The molecule has 2 atom stereocenters. The lowest BCUT2D eigenvalue weighted by Crippen LogP contribution is -2.51. The lowest BCUT2D eigenvalue weighted by atomic mass is 9.87. The number of fused-ring (bicyclic) bond motifs is 1. The third kappa shape index (κ3) is 6.47. The molecule has 3 aromatic rings. The molecule has 6 heteroatoms. The number of hydrogen-bond acceptors (Lipinski definition) is 4. The zero-order chi connectivity index (χ0) is 25.7. The second kappa shape index (κ2) is 11.8. The van der Waals surface area contributed by atoms with Crippen molar-refractivity contribution < 1.29 is 18.6 Å². The molecule has 0 spiro atoms. The normalized spacial score (nSPS) is 18.4. The van der Waals surface area contributed by atoms with Crippen molar-refractivity contribution in [2.75, 3.05) is 11.9 Å². The number of ether oxygens (including phenoxy) is 3. The smallest absolute Gasteiger partial charge is 0.132 e. The minimum absolute atomic E-state index is 0.130. The highest BCUT2D eigenvalue weighted by Gasteiger charge is 2.45. The van der Waals surface area contributed by atoms with Crippen molar-refractivity contribution in [3.8, 4) is 5.75 Å². The molecular weight excluding hydrogens is 521 g/mol. The molecule has 0 aliphatic carbocycles. The molecule has 3 aromatic carbocycles. The minimum Gasteiger partial charge on any atom is -0.485 e. The number of halogens is 2. The molecule has 0 amide bonds. The molecule has 1 aliphatic rings. The lowest BCUT2D eigenvalue weighted by Gasteiger charge is -2.44. The van der Waals surface area contributed by atoms with E-state index in [9.17, 15) is 4.39 Å². The molecule has 4 nitrogen and oxygen atoms in total.